The maximum absolute atomic E-state index is 13.0. The van der Waals surface area contributed by atoms with Crippen molar-refractivity contribution in [2.45, 2.75) is 9.92 Å². The number of imidazole rings is 1. The van der Waals surface area contributed by atoms with Crippen LogP contribution in [0.4, 0.5) is 14.6 Å². The van der Waals surface area contributed by atoms with E-state index in [2.05, 4.69) is 4.98 Å². The zero-order chi connectivity index (χ0) is 13.3. The number of aromatic nitrogens is 2. The first-order valence-electron chi connectivity index (χ1n) is 4.77. The van der Waals surface area contributed by atoms with Crippen LogP contribution in [-0.2, 0) is 7.05 Å². The normalized spacial score (nSPS) is 10.6. The Labute approximate surface area is 105 Å². The van der Waals surface area contributed by atoms with Crippen LogP contribution in [0.1, 0.15) is 0 Å². The summed E-state index contributed by atoms with van der Waals surface area (Å²) in [5.41, 5.74) is 0. The van der Waals surface area contributed by atoms with Crippen molar-refractivity contribution in [3.63, 3.8) is 0 Å². The van der Waals surface area contributed by atoms with E-state index in [-0.39, 0.29) is 10.8 Å². The zero-order valence-corrected chi connectivity index (χ0v) is 9.95. The van der Waals surface area contributed by atoms with E-state index >= 15 is 0 Å². The predicted molar refractivity (Wildman–Crippen MR) is 60.3 cm³/mol. The Morgan fingerprint density at radius 1 is 1.39 bits per heavy atom. The highest BCUT2D eigenvalue weighted by atomic mass is 32.2. The van der Waals surface area contributed by atoms with Gasteiger partial charge >= 0.3 is 5.82 Å². The molecule has 18 heavy (non-hydrogen) atoms. The molecule has 0 amide bonds. The molecule has 8 heteroatoms. The van der Waals surface area contributed by atoms with Gasteiger partial charge in [-0.1, -0.05) is 11.8 Å². The molecule has 94 valence electrons. The van der Waals surface area contributed by atoms with Gasteiger partial charge in [-0.3, -0.25) is 0 Å². The molecule has 2 aromatic rings. The van der Waals surface area contributed by atoms with Crippen molar-refractivity contribution in [1.29, 1.82) is 0 Å². The quantitative estimate of drug-likeness (QED) is 0.636. The lowest BCUT2D eigenvalue weighted by Gasteiger charge is -2.02. The number of hydrogen-bond donors (Lipinski definition) is 0. The summed E-state index contributed by atoms with van der Waals surface area (Å²) >= 11 is 0.951. The summed E-state index contributed by atoms with van der Waals surface area (Å²) < 4.78 is 27.2. The Balaban J connectivity index is 2.36. The molecular weight excluding hydrogens is 264 g/mol. The highest BCUT2D eigenvalue weighted by molar-refractivity contribution is 7.99. The minimum Gasteiger partial charge on any atom is -0.358 e. The Morgan fingerprint density at radius 3 is 2.72 bits per heavy atom. The average Bonchev–Trinajstić information content (AvgIpc) is 2.66. The van der Waals surface area contributed by atoms with E-state index in [9.17, 15) is 18.9 Å². The number of benzene rings is 1. The molecule has 5 nitrogen and oxygen atoms in total. The van der Waals surface area contributed by atoms with Crippen molar-refractivity contribution in [3.8, 4) is 0 Å². The summed E-state index contributed by atoms with van der Waals surface area (Å²) in [5.74, 6) is -2.27. The van der Waals surface area contributed by atoms with Crippen molar-refractivity contribution < 1.29 is 13.7 Å². The number of rotatable bonds is 3. The summed E-state index contributed by atoms with van der Waals surface area (Å²) in [7, 11) is 1.59. The van der Waals surface area contributed by atoms with Gasteiger partial charge in [-0.2, -0.15) is 0 Å². The van der Waals surface area contributed by atoms with Crippen LogP contribution >= 0.6 is 11.8 Å². The molecule has 0 aliphatic rings. The molecule has 0 N–H and O–H groups in total. The SMILES string of the molecule is Cn1cnc([N+](=O)[O-])c1Sc1ccc(F)c(F)c1. The van der Waals surface area contributed by atoms with Crippen molar-refractivity contribution in [2.24, 2.45) is 7.05 Å². The summed E-state index contributed by atoms with van der Waals surface area (Å²) in [6.07, 6.45) is 1.29. The Bertz CT molecular complexity index is 615. The van der Waals surface area contributed by atoms with Crippen LogP contribution in [0.2, 0.25) is 0 Å². The standard InChI is InChI=1S/C10H7F2N3O2S/c1-14-5-13-9(15(16)17)10(14)18-6-2-3-7(11)8(12)4-6/h2-5H,1H3. The number of nitro groups is 1. The van der Waals surface area contributed by atoms with Gasteiger partial charge in [0.25, 0.3) is 0 Å². The molecule has 0 saturated carbocycles. The Morgan fingerprint density at radius 2 is 2.11 bits per heavy atom. The van der Waals surface area contributed by atoms with Crippen molar-refractivity contribution in [2.75, 3.05) is 0 Å². The molecule has 1 heterocycles. The maximum Gasteiger partial charge on any atom is 0.396 e. The van der Waals surface area contributed by atoms with Gasteiger partial charge in [0.15, 0.2) is 16.7 Å². The van der Waals surface area contributed by atoms with E-state index in [4.69, 9.17) is 0 Å². The molecule has 0 saturated heterocycles. The molecule has 0 spiro atoms. The summed E-state index contributed by atoms with van der Waals surface area (Å²) in [5, 5.41) is 11.0. The van der Waals surface area contributed by atoms with E-state index in [0.29, 0.717) is 4.90 Å². The smallest absolute Gasteiger partial charge is 0.358 e. The van der Waals surface area contributed by atoms with Crippen LogP contribution in [-0.4, -0.2) is 14.5 Å². The van der Waals surface area contributed by atoms with E-state index < -0.39 is 16.6 Å². The van der Waals surface area contributed by atoms with Crippen LogP contribution in [0.25, 0.3) is 0 Å². The number of aryl methyl sites for hydroxylation is 1. The zero-order valence-electron chi connectivity index (χ0n) is 9.13. The molecule has 0 unspecified atom stereocenters. The van der Waals surface area contributed by atoms with Crippen LogP contribution in [0.15, 0.2) is 34.4 Å². The third-order valence-electron chi connectivity index (χ3n) is 2.14. The molecule has 0 atom stereocenters. The highest BCUT2D eigenvalue weighted by Crippen LogP contribution is 2.33. The lowest BCUT2D eigenvalue weighted by molar-refractivity contribution is -0.392. The first-order chi connectivity index (χ1) is 8.49. The van der Waals surface area contributed by atoms with Gasteiger partial charge in [0, 0.05) is 11.9 Å². The third kappa shape index (κ3) is 2.33. The predicted octanol–water partition coefficient (Wildman–Crippen LogP) is 2.76. The maximum atomic E-state index is 13.0. The fourth-order valence-electron chi connectivity index (χ4n) is 1.30. The minimum atomic E-state index is -0.996. The van der Waals surface area contributed by atoms with Crippen LogP contribution in [0.5, 0.6) is 0 Å². The number of halogens is 2. The molecule has 0 bridgehead atoms. The largest absolute Gasteiger partial charge is 0.396 e. The number of nitrogens with zero attached hydrogens (tertiary/aromatic N) is 3. The monoisotopic (exact) mass is 271 g/mol. The van der Waals surface area contributed by atoms with E-state index in [0.717, 1.165) is 23.9 Å². The molecule has 0 radical (unpaired) electrons. The lowest BCUT2D eigenvalue weighted by atomic mass is 10.3. The van der Waals surface area contributed by atoms with Crippen molar-refractivity contribution in [1.82, 2.24) is 9.55 Å². The second kappa shape index (κ2) is 4.73. The van der Waals surface area contributed by atoms with Gasteiger partial charge in [0.05, 0.1) is 0 Å². The van der Waals surface area contributed by atoms with Gasteiger partial charge < -0.3 is 14.7 Å². The van der Waals surface area contributed by atoms with Gasteiger partial charge in [-0.25, -0.2) is 8.78 Å². The Hall–Kier alpha value is -1.96. The van der Waals surface area contributed by atoms with Crippen molar-refractivity contribution >= 4 is 17.6 Å². The number of hydrogen-bond acceptors (Lipinski definition) is 4. The van der Waals surface area contributed by atoms with Gasteiger partial charge in [-0.15, -0.1) is 0 Å². The van der Waals surface area contributed by atoms with Crippen LogP contribution in [0, 0.1) is 21.7 Å². The molecule has 0 fully saturated rings. The molecule has 1 aromatic carbocycles. The molecule has 0 aliphatic heterocycles. The third-order valence-corrected chi connectivity index (χ3v) is 3.30. The molecule has 0 aliphatic carbocycles. The first kappa shape index (κ1) is 12.5. The van der Waals surface area contributed by atoms with Gasteiger partial charge in [0.1, 0.15) is 0 Å². The molecule has 1 aromatic heterocycles. The van der Waals surface area contributed by atoms with Crippen molar-refractivity contribution in [3.05, 3.63) is 46.3 Å². The fraction of sp³-hybridized carbons (Fsp3) is 0.100. The highest BCUT2D eigenvalue weighted by Gasteiger charge is 2.21. The van der Waals surface area contributed by atoms with E-state index in [1.165, 1.54) is 17.0 Å². The second-order valence-corrected chi connectivity index (χ2v) is 4.48. The van der Waals surface area contributed by atoms with Gasteiger partial charge in [0.2, 0.25) is 6.33 Å². The molecule has 2 rings (SSSR count). The second-order valence-electron chi connectivity index (χ2n) is 3.42. The lowest BCUT2D eigenvalue weighted by Crippen LogP contribution is -1.93. The van der Waals surface area contributed by atoms with E-state index in [1.807, 2.05) is 0 Å². The summed E-state index contributed by atoms with van der Waals surface area (Å²) in [6, 6.07) is 3.30. The summed E-state index contributed by atoms with van der Waals surface area (Å²) in [6.45, 7) is 0. The Kier molecular flexibility index (Phi) is 3.28. The summed E-state index contributed by atoms with van der Waals surface area (Å²) in [4.78, 5) is 14.1. The fourth-order valence-corrected chi connectivity index (χ4v) is 2.23. The first-order valence-corrected chi connectivity index (χ1v) is 5.59. The average molecular weight is 271 g/mol. The van der Waals surface area contributed by atoms with Gasteiger partial charge in [-0.05, 0) is 28.1 Å². The van der Waals surface area contributed by atoms with Crippen LogP contribution < -0.4 is 0 Å². The molecular formula is C10H7F2N3O2S. The van der Waals surface area contributed by atoms with E-state index in [1.54, 1.807) is 7.05 Å². The minimum absolute atomic E-state index is 0.256. The topological polar surface area (TPSA) is 61.0 Å². The van der Waals surface area contributed by atoms with Crippen LogP contribution in [0.3, 0.4) is 0 Å².